The highest BCUT2D eigenvalue weighted by Crippen LogP contribution is 2.42. The Morgan fingerprint density at radius 1 is 1.20 bits per heavy atom. The lowest BCUT2D eigenvalue weighted by atomic mass is 10.0. The van der Waals surface area contributed by atoms with Crippen molar-refractivity contribution in [3.05, 3.63) is 57.6 Å². The summed E-state index contributed by atoms with van der Waals surface area (Å²) in [6.07, 6.45) is 7.33. The number of nitrogens with one attached hydrogen (secondary N) is 1. The zero-order chi connectivity index (χ0) is 23.9. The molecular formula is C27H24N4O3S. The topological polar surface area (TPSA) is 101 Å². The Labute approximate surface area is 206 Å². The molecule has 3 heterocycles. The second-order valence-electron chi connectivity index (χ2n) is 9.14. The van der Waals surface area contributed by atoms with Gasteiger partial charge in [0.15, 0.2) is 0 Å². The minimum Gasteiger partial charge on any atom is -0.497 e. The number of methoxy groups -OCH3 is 1. The van der Waals surface area contributed by atoms with Crippen LogP contribution in [0.4, 0.5) is 5.00 Å². The van der Waals surface area contributed by atoms with Crippen LogP contribution in [0.1, 0.15) is 70.1 Å². The third-order valence-corrected chi connectivity index (χ3v) is 8.04. The molecule has 1 fully saturated rings. The van der Waals surface area contributed by atoms with E-state index in [1.807, 2.05) is 30.3 Å². The number of amides is 1. The fourth-order valence-electron chi connectivity index (χ4n) is 4.80. The molecule has 0 saturated heterocycles. The smallest absolute Gasteiger partial charge is 0.259 e. The average molecular weight is 485 g/mol. The molecule has 176 valence electrons. The maximum atomic E-state index is 13.7. The van der Waals surface area contributed by atoms with Crippen LogP contribution in [0.25, 0.3) is 22.4 Å². The standard InChI is InChI=1S/C27H24N4O3S/c1-33-17-11-9-16(10-12-17)24-23-19(13-21(15-7-8-15)29-26(23)34-31-24)25(32)30-27-20(14-28)18-5-3-2-4-6-22(18)35-27/h9-13,15H,2-8H2,1H3,(H,30,32). The summed E-state index contributed by atoms with van der Waals surface area (Å²) in [5, 5.41) is 18.4. The fraction of sp³-hybridized carbons (Fsp3) is 0.333. The first-order chi connectivity index (χ1) is 17.2. The number of aryl methyl sites for hydroxylation is 1. The van der Waals surface area contributed by atoms with E-state index >= 15 is 0 Å². The summed E-state index contributed by atoms with van der Waals surface area (Å²) in [5.74, 6) is 0.799. The number of pyridine rings is 1. The lowest BCUT2D eigenvalue weighted by Gasteiger charge is -2.08. The van der Waals surface area contributed by atoms with E-state index in [1.54, 1.807) is 7.11 Å². The van der Waals surface area contributed by atoms with Gasteiger partial charge >= 0.3 is 0 Å². The van der Waals surface area contributed by atoms with Crippen molar-refractivity contribution in [2.45, 2.75) is 50.9 Å². The Balaban J connectivity index is 1.44. The van der Waals surface area contributed by atoms with Gasteiger partial charge in [-0.1, -0.05) is 11.6 Å². The number of ether oxygens (including phenoxy) is 1. The Morgan fingerprint density at radius 3 is 2.74 bits per heavy atom. The molecule has 2 aliphatic carbocycles. The van der Waals surface area contributed by atoms with Crippen molar-refractivity contribution < 1.29 is 14.1 Å². The maximum Gasteiger partial charge on any atom is 0.259 e. The van der Waals surface area contributed by atoms with Gasteiger partial charge < -0.3 is 14.6 Å². The third kappa shape index (κ3) is 3.96. The number of hydrogen-bond acceptors (Lipinski definition) is 7. The Bertz CT molecular complexity index is 1480. The summed E-state index contributed by atoms with van der Waals surface area (Å²) in [4.78, 5) is 19.6. The minimum absolute atomic E-state index is 0.273. The van der Waals surface area contributed by atoms with Gasteiger partial charge in [0.1, 0.15) is 22.5 Å². The molecule has 0 atom stereocenters. The van der Waals surface area contributed by atoms with Crippen LogP contribution in [0.2, 0.25) is 0 Å². The Kier molecular flexibility index (Phi) is 5.50. The normalized spacial score (nSPS) is 15.3. The number of nitrogens with zero attached hydrogens (tertiary/aromatic N) is 3. The summed E-state index contributed by atoms with van der Waals surface area (Å²) < 4.78 is 10.9. The molecule has 6 rings (SSSR count). The van der Waals surface area contributed by atoms with E-state index in [0.717, 1.165) is 61.1 Å². The summed E-state index contributed by atoms with van der Waals surface area (Å²) >= 11 is 1.53. The number of rotatable bonds is 5. The van der Waals surface area contributed by atoms with Gasteiger partial charge in [-0.2, -0.15) is 5.26 Å². The van der Waals surface area contributed by atoms with Gasteiger partial charge in [0, 0.05) is 22.1 Å². The zero-order valence-electron chi connectivity index (χ0n) is 19.4. The molecule has 1 saturated carbocycles. The van der Waals surface area contributed by atoms with Gasteiger partial charge in [0.2, 0.25) is 0 Å². The Hall–Kier alpha value is -3.70. The minimum atomic E-state index is -0.273. The number of hydrogen-bond donors (Lipinski definition) is 1. The number of anilines is 1. The first-order valence-corrected chi connectivity index (χ1v) is 12.8. The van der Waals surface area contributed by atoms with Gasteiger partial charge in [0.05, 0.1) is 23.6 Å². The average Bonchev–Trinajstić information content (AvgIpc) is 3.62. The highest BCUT2D eigenvalue weighted by Gasteiger charge is 2.30. The van der Waals surface area contributed by atoms with Crippen molar-refractivity contribution >= 4 is 33.3 Å². The number of carbonyl (C=O) groups excluding carboxylic acids is 1. The molecule has 2 aliphatic rings. The maximum absolute atomic E-state index is 13.7. The van der Waals surface area contributed by atoms with Crippen LogP contribution in [0, 0.1) is 11.3 Å². The van der Waals surface area contributed by atoms with Crippen LogP contribution in [-0.2, 0) is 12.8 Å². The van der Waals surface area contributed by atoms with Crippen molar-refractivity contribution in [1.82, 2.24) is 10.1 Å². The molecule has 4 aromatic rings. The summed E-state index contributed by atoms with van der Waals surface area (Å²) in [5.41, 5.74) is 4.75. The summed E-state index contributed by atoms with van der Waals surface area (Å²) in [6.45, 7) is 0. The highest BCUT2D eigenvalue weighted by atomic mass is 32.1. The van der Waals surface area contributed by atoms with E-state index in [1.165, 1.54) is 22.6 Å². The van der Waals surface area contributed by atoms with Gasteiger partial charge in [-0.05, 0) is 74.4 Å². The zero-order valence-corrected chi connectivity index (χ0v) is 20.2. The lowest BCUT2D eigenvalue weighted by Crippen LogP contribution is -2.13. The Morgan fingerprint density at radius 2 is 2.00 bits per heavy atom. The lowest BCUT2D eigenvalue weighted by molar-refractivity contribution is 0.102. The van der Waals surface area contributed by atoms with Gasteiger partial charge in [-0.25, -0.2) is 4.98 Å². The SMILES string of the molecule is COc1ccc(-c2noc3nc(C4CC4)cc(C(=O)Nc4sc5c(c4C#N)CCCCC5)c23)cc1. The van der Waals surface area contributed by atoms with E-state index in [-0.39, 0.29) is 5.91 Å². The first kappa shape index (κ1) is 21.8. The number of benzene rings is 1. The molecule has 8 heteroatoms. The number of thiophene rings is 1. The van der Waals surface area contributed by atoms with Crippen molar-refractivity contribution in [3.63, 3.8) is 0 Å². The van der Waals surface area contributed by atoms with E-state index in [2.05, 4.69) is 21.5 Å². The van der Waals surface area contributed by atoms with Gasteiger partial charge in [-0.3, -0.25) is 4.79 Å². The molecule has 1 amide bonds. The van der Waals surface area contributed by atoms with Crippen LogP contribution >= 0.6 is 11.3 Å². The molecule has 0 aliphatic heterocycles. The predicted octanol–water partition coefficient (Wildman–Crippen LogP) is 6.23. The molecule has 3 aromatic heterocycles. The van der Waals surface area contributed by atoms with E-state index in [9.17, 15) is 10.1 Å². The van der Waals surface area contributed by atoms with E-state index < -0.39 is 0 Å². The number of nitriles is 1. The predicted molar refractivity (Wildman–Crippen MR) is 134 cm³/mol. The molecule has 0 radical (unpaired) electrons. The second kappa shape index (κ2) is 8.82. The van der Waals surface area contributed by atoms with Crippen molar-refractivity contribution in [2.75, 3.05) is 12.4 Å². The van der Waals surface area contributed by atoms with Crippen LogP contribution < -0.4 is 10.1 Å². The fourth-order valence-corrected chi connectivity index (χ4v) is 6.04. The third-order valence-electron chi connectivity index (χ3n) is 6.83. The number of aromatic nitrogens is 2. The number of fused-ring (bicyclic) bond motifs is 2. The van der Waals surface area contributed by atoms with Crippen molar-refractivity contribution in [2.24, 2.45) is 0 Å². The van der Waals surface area contributed by atoms with Crippen LogP contribution in [0.5, 0.6) is 5.75 Å². The summed E-state index contributed by atoms with van der Waals surface area (Å²) in [7, 11) is 1.62. The molecule has 0 unspecified atom stereocenters. The largest absolute Gasteiger partial charge is 0.497 e. The monoisotopic (exact) mass is 484 g/mol. The molecule has 0 spiro atoms. The first-order valence-electron chi connectivity index (χ1n) is 12.0. The highest BCUT2D eigenvalue weighted by molar-refractivity contribution is 7.16. The van der Waals surface area contributed by atoms with Crippen LogP contribution in [0.15, 0.2) is 34.9 Å². The van der Waals surface area contributed by atoms with Gasteiger partial charge in [0.25, 0.3) is 11.6 Å². The van der Waals surface area contributed by atoms with E-state index in [4.69, 9.17) is 9.26 Å². The second-order valence-corrected chi connectivity index (χ2v) is 10.2. The van der Waals surface area contributed by atoms with Crippen molar-refractivity contribution in [1.29, 1.82) is 5.26 Å². The van der Waals surface area contributed by atoms with Crippen LogP contribution in [-0.4, -0.2) is 23.2 Å². The molecule has 35 heavy (non-hydrogen) atoms. The molecule has 1 N–H and O–H groups in total. The molecule has 7 nitrogen and oxygen atoms in total. The molecule has 1 aromatic carbocycles. The van der Waals surface area contributed by atoms with Crippen LogP contribution in [0.3, 0.4) is 0 Å². The quantitative estimate of drug-likeness (QED) is 0.337. The van der Waals surface area contributed by atoms with Gasteiger partial charge in [-0.15, -0.1) is 11.3 Å². The molecular weight excluding hydrogens is 460 g/mol. The number of carbonyl (C=O) groups is 1. The van der Waals surface area contributed by atoms with Crippen molar-refractivity contribution in [3.8, 4) is 23.1 Å². The summed E-state index contributed by atoms with van der Waals surface area (Å²) in [6, 6.07) is 11.7. The van der Waals surface area contributed by atoms with E-state index in [0.29, 0.717) is 38.8 Å². The molecule has 0 bridgehead atoms.